The Balaban J connectivity index is 4.77. The number of nitrogens with one attached hydrogen (secondary N) is 1. The number of esters is 1. The molecule has 0 fully saturated rings. The number of hydrogen-bond donors (Lipinski definition) is 1. The molecule has 0 aromatic heterocycles. The van der Waals surface area contributed by atoms with Crippen LogP contribution in [-0.4, -0.2) is 74.1 Å². The van der Waals surface area contributed by atoms with Gasteiger partial charge in [0.15, 0.2) is 0 Å². The van der Waals surface area contributed by atoms with E-state index in [-0.39, 0.29) is 11.9 Å². The van der Waals surface area contributed by atoms with Gasteiger partial charge in [-0.1, -0.05) is 150 Å². The lowest BCUT2D eigenvalue weighted by Gasteiger charge is -2.28. The maximum Gasteiger partial charge on any atom is 0.305 e. The van der Waals surface area contributed by atoms with Gasteiger partial charge < -0.3 is 15.0 Å². The minimum atomic E-state index is -0.0973. The first kappa shape index (κ1) is 44.9. The predicted octanol–water partition coefficient (Wildman–Crippen LogP) is 10.5. The van der Waals surface area contributed by atoms with E-state index in [1.54, 1.807) is 0 Å². The number of amides is 1. The van der Waals surface area contributed by atoms with Crippen molar-refractivity contribution in [3.05, 3.63) is 0 Å². The van der Waals surface area contributed by atoms with E-state index in [0.717, 1.165) is 45.3 Å². The maximum atomic E-state index is 13.0. The third-order valence-electron chi connectivity index (χ3n) is 9.22. The fraction of sp³-hybridized carbons (Fsp3) is 0.950. The van der Waals surface area contributed by atoms with Crippen molar-refractivity contribution >= 4 is 11.9 Å². The normalized spacial score (nSPS) is 11.5. The van der Waals surface area contributed by atoms with Crippen molar-refractivity contribution < 1.29 is 14.3 Å². The van der Waals surface area contributed by atoms with Crippen LogP contribution in [0.3, 0.4) is 0 Å². The summed E-state index contributed by atoms with van der Waals surface area (Å²) in [5, 5.41) is 3.14. The number of unbranched alkanes of at least 4 members (excludes halogenated alkanes) is 20. The molecule has 0 spiro atoms. The summed E-state index contributed by atoms with van der Waals surface area (Å²) in [7, 11) is 0. The Labute approximate surface area is 287 Å². The Morgan fingerprint density at radius 3 is 1.35 bits per heavy atom. The van der Waals surface area contributed by atoms with E-state index in [1.165, 1.54) is 148 Å². The van der Waals surface area contributed by atoms with Gasteiger partial charge in [-0.15, -0.1) is 0 Å². The third kappa shape index (κ3) is 32.8. The molecule has 0 saturated heterocycles. The Morgan fingerprint density at radius 1 is 0.457 bits per heavy atom. The van der Waals surface area contributed by atoms with Crippen LogP contribution in [0.15, 0.2) is 0 Å². The Bertz CT molecular complexity index is 627. The van der Waals surface area contributed by atoms with Crippen LogP contribution < -0.4 is 5.32 Å². The van der Waals surface area contributed by atoms with Gasteiger partial charge in [-0.2, -0.15) is 0 Å². The van der Waals surface area contributed by atoms with Crippen molar-refractivity contribution in [2.75, 3.05) is 52.4 Å². The molecular formula is C40H81N3O3. The van der Waals surface area contributed by atoms with Gasteiger partial charge in [-0.3, -0.25) is 14.5 Å². The van der Waals surface area contributed by atoms with Crippen molar-refractivity contribution in [3.8, 4) is 0 Å². The molecule has 0 aliphatic rings. The molecule has 0 aliphatic heterocycles. The lowest BCUT2D eigenvalue weighted by atomic mass is 10.1. The fourth-order valence-corrected chi connectivity index (χ4v) is 6.06. The zero-order chi connectivity index (χ0) is 33.8. The van der Waals surface area contributed by atoms with E-state index in [4.69, 9.17) is 4.74 Å². The maximum absolute atomic E-state index is 13.0. The molecule has 0 rings (SSSR count). The molecule has 0 saturated carbocycles. The van der Waals surface area contributed by atoms with Gasteiger partial charge in [0.1, 0.15) is 0 Å². The summed E-state index contributed by atoms with van der Waals surface area (Å²) >= 11 is 0. The number of hydrogen-bond acceptors (Lipinski definition) is 5. The van der Waals surface area contributed by atoms with Crippen molar-refractivity contribution in [1.29, 1.82) is 0 Å². The first-order chi connectivity index (χ1) is 22.6. The monoisotopic (exact) mass is 652 g/mol. The summed E-state index contributed by atoms with van der Waals surface area (Å²) in [5.41, 5.74) is 0. The van der Waals surface area contributed by atoms with Gasteiger partial charge in [-0.05, 0) is 58.2 Å². The van der Waals surface area contributed by atoms with Gasteiger partial charge in [-0.25, -0.2) is 0 Å². The summed E-state index contributed by atoms with van der Waals surface area (Å²) in [6.45, 7) is 16.0. The third-order valence-corrected chi connectivity index (χ3v) is 9.22. The van der Waals surface area contributed by atoms with Gasteiger partial charge in [0.2, 0.25) is 5.91 Å². The molecular weight excluding hydrogens is 570 g/mol. The second kappa shape index (κ2) is 36.7. The Hall–Kier alpha value is -1.14. The van der Waals surface area contributed by atoms with Crippen LogP contribution in [0.5, 0.6) is 0 Å². The van der Waals surface area contributed by atoms with Crippen molar-refractivity contribution in [2.45, 2.75) is 195 Å². The van der Waals surface area contributed by atoms with Crippen molar-refractivity contribution in [1.82, 2.24) is 15.1 Å². The zero-order valence-electron chi connectivity index (χ0n) is 31.7. The van der Waals surface area contributed by atoms with Crippen LogP contribution in [-0.2, 0) is 14.3 Å². The number of carbonyl (C=O) groups excluding carboxylic acids is 2. The first-order valence-corrected chi connectivity index (χ1v) is 20.4. The molecule has 1 amide bonds. The molecule has 46 heavy (non-hydrogen) atoms. The zero-order valence-corrected chi connectivity index (χ0v) is 31.7. The molecule has 0 aromatic carbocycles. The van der Waals surface area contributed by atoms with Gasteiger partial charge >= 0.3 is 5.97 Å². The SMILES string of the molecule is CCCCCCCCCN(CCCCCCCCC)CCN(CCCCCCCCC)CC(=O)NCCCCOC(=O)CCCC. The summed E-state index contributed by atoms with van der Waals surface area (Å²) < 4.78 is 5.31. The highest BCUT2D eigenvalue weighted by Gasteiger charge is 2.13. The molecule has 0 heterocycles. The van der Waals surface area contributed by atoms with E-state index >= 15 is 0 Å². The molecule has 0 atom stereocenters. The predicted molar refractivity (Wildman–Crippen MR) is 200 cm³/mol. The summed E-state index contributed by atoms with van der Waals surface area (Å²) in [6, 6.07) is 0. The largest absolute Gasteiger partial charge is 0.466 e. The standard InChI is InChI=1S/C40H81N3O3/c1-5-9-13-16-19-22-26-32-42(33-27-23-20-17-14-10-6-2)35-36-43(34-28-24-21-18-15-11-7-3)38-39(44)41-31-25-29-37-46-40(45)30-12-8-4/h5-38H2,1-4H3,(H,41,44). The van der Waals surface area contributed by atoms with Crippen molar-refractivity contribution in [3.63, 3.8) is 0 Å². The van der Waals surface area contributed by atoms with Crippen LogP contribution in [0.4, 0.5) is 0 Å². The van der Waals surface area contributed by atoms with E-state index in [9.17, 15) is 9.59 Å². The average Bonchev–Trinajstić information content (AvgIpc) is 3.05. The Kier molecular flexibility index (Phi) is 35.8. The molecule has 0 aliphatic carbocycles. The molecule has 6 nitrogen and oxygen atoms in total. The second-order valence-corrected chi connectivity index (χ2v) is 13.9. The minimum Gasteiger partial charge on any atom is -0.466 e. The number of rotatable bonds is 37. The van der Waals surface area contributed by atoms with Crippen LogP contribution in [0, 0.1) is 0 Å². The van der Waals surface area contributed by atoms with Crippen LogP contribution >= 0.6 is 0 Å². The van der Waals surface area contributed by atoms with Crippen LogP contribution in [0.25, 0.3) is 0 Å². The first-order valence-electron chi connectivity index (χ1n) is 20.4. The minimum absolute atomic E-state index is 0.0973. The van der Waals surface area contributed by atoms with Crippen LogP contribution in [0.2, 0.25) is 0 Å². The highest BCUT2D eigenvalue weighted by atomic mass is 16.5. The van der Waals surface area contributed by atoms with E-state index in [0.29, 0.717) is 26.1 Å². The van der Waals surface area contributed by atoms with Crippen LogP contribution in [0.1, 0.15) is 195 Å². The molecule has 1 N–H and O–H groups in total. The summed E-state index contributed by atoms with van der Waals surface area (Å²) in [5.74, 6) is 0.0356. The highest BCUT2D eigenvalue weighted by Crippen LogP contribution is 2.12. The molecule has 0 radical (unpaired) electrons. The lowest BCUT2D eigenvalue weighted by molar-refractivity contribution is -0.144. The second-order valence-electron chi connectivity index (χ2n) is 13.9. The van der Waals surface area contributed by atoms with Gasteiger partial charge in [0.05, 0.1) is 13.2 Å². The molecule has 0 aromatic rings. The molecule has 6 heteroatoms. The fourth-order valence-electron chi connectivity index (χ4n) is 6.06. The topological polar surface area (TPSA) is 61.9 Å². The number of ether oxygens (including phenoxy) is 1. The highest BCUT2D eigenvalue weighted by molar-refractivity contribution is 5.77. The van der Waals surface area contributed by atoms with E-state index in [1.807, 2.05) is 0 Å². The average molecular weight is 652 g/mol. The quantitative estimate of drug-likeness (QED) is 0.0535. The molecule has 0 bridgehead atoms. The number of carbonyl (C=O) groups is 2. The van der Waals surface area contributed by atoms with Gasteiger partial charge in [0, 0.05) is 26.1 Å². The number of nitrogens with zero attached hydrogens (tertiary/aromatic N) is 2. The van der Waals surface area contributed by atoms with Crippen molar-refractivity contribution in [2.24, 2.45) is 0 Å². The lowest BCUT2D eigenvalue weighted by Crippen LogP contribution is -2.42. The van der Waals surface area contributed by atoms with E-state index < -0.39 is 0 Å². The smallest absolute Gasteiger partial charge is 0.305 e. The molecule has 274 valence electrons. The molecule has 0 unspecified atom stereocenters. The van der Waals surface area contributed by atoms with E-state index in [2.05, 4.69) is 42.8 Å². The van der Waals surface area contributed by atoms with Gasteiger partial charge in [0.25, 0.3) is 0 Å². The summed E-state index contributed by atoms with van der Waals surface area (Å²) in [6.07, 6.45) is 32.1. The Morgan fingerprint density at radius 2 is 0.870 bits per heavy atom. The summed E-state index contributed by atoms with van der Waals surface area (Å²) in [4.78, 5) is 29.8.